The highest BCUT2D eigenvalue weighted by Crippen LogP contribution is 2.28. The summed E-state index contributed by atoms with van der Waals surface area (Å²) in [7, 11) is 1.68. The van der Waals surface area contributed by atoms with Crippen molar-refractivity contribution in [3.05, 3.63) is 46.8 Å². The van der Waals surface area contributed by atoms with Crippen LogP contribution in [0.25, 0.3) is 28.1 Å². The summed E-state index contributed by atoms with van der Waals surface area (Å²) in [6, 6.07) is 5.30. The summed E-state index contributed by atoms with van der Waals surface area (Å²) in [4.78, 5) is 36.5. The number of carbonyl (C=O) groups excluding carboxylic acids is 1. The van der Waals surface area contributed by atoms with Crippen molar-refractivity contribution in [1.29, 1.82) is 5.26 Å². The molecule has 34 heavy (non-hydrogen) atoms. The number of carbonyl (C=O) groups is 1. The highest BCUT2D eigenvalue weighted by molar-refractivity contribution is 5.80. The number of fused-ring (bicyclic) bond motifs is 2. The van der Waals surface area contributed by atoms with Gasteiger partial charge >= 0.3 is 11.8 Å². The Morgan fingerprint density at radius 3 is 2.79 bits per heavy atom. The van der Waals surface area contributed by atoms with Gasteiger partial charge in [0, 0.05) is 26.3 Å². The number of imidazole rings is 1. The van der Waals surface area contributed by atoms with Crippen LogP contribution in [0.4, 0.5) is 4.79 Å². The molecular formula is C23H24N8O3. The first-order valence-corrected chi connectivity index (χ1v) is 11.0. The van der Waals surface area contributed by atoms with E-state index in [1.165, 1.54) is 4.57 Å². The number of nitriles is 1. The Labute approximate surface area is 194 Å². The number of likely N-dealkylation sites (tertiary alicyclic amines) is 1. The molecule has 174 valence electrons. The molecule has 0 N–H and O–H groups in total. The van der Waals surface area contributed by atoms with Gasteiger partial charge in [-0.15, -0.1) is 0 Å². The lowest BCUT2D eigenvalue weighted by Gasteiger charge is -2.24. The van der Waals surface area contributed by atoms with Crippen LogP contribution in [0.2, 0.25) is 0 Å². The van der Waals surface area contributed by atoms with E-state index in [-0.39, 0.29) is 11.7 Å². The lowest BCUT2D eigenvalue weighted by Crippen LogP contribution is -2.36. The van der Waals surface area contributed by atoms with Crippen LogP contribution in [0.15, 0.2) is 35.5 Å². The standard InChI is InChI=1S/C23H24N8O3/c1-23(2,3)34-22(33)29-7-6-15(13-29)31-20-18(28(4)21(31)32)12-25-19(27-20)16-11-26-30-8-5-14(10-24)9-17(16)30/h5,8-9,11-12,15H,6-7,13H2,1-4H3/t15-/m1/s1. The molecular weight excluding hydrogens is 436 g/mol. The maximum atomic E-state index is 13.1. The van der Waals surface area contributed by atoms with E-state index < -0.39 is 11.7 Å². The van der Waals surface area contributed by atoms with E-state index in [2.05, 4.69) is 16.2 Å². The van der Waals surface area contributed by atoms with Crippen molar-refractivity contribution < 1.29 is 9.53 Å². The van der Waals surface area contributed by atoms with E-state index >= 15 is 0 Å². The maximum Gasteiger partial charge on any atom is 0.410 e. The fraction of sp³-hybridized carbons (Fsp3) is 0.391. The summed E-state index contributed by atoms with van der Waals surface area (Å²) in [5.41, 5.74) is 2.13. The van der Waals surface area contributed by atoms with Crippen LogP contribution in [0, 0.1) is 11.3 Å². The second-order valence-electron chi connectivity index (χ2n) is 9.40. The van der Waals surface area contributed by atoms with Gasteiger partial charge in [-0.05, 0) is 39.3 Å². The number of ether oxygens (including phenoxy) is 1. The van der Waals surface area contributed by atoms with E-state index in [0.717, 1.165) is 0 Å². The lowest BCUT2D eigenvalue weighted by atomic mass is 10.2. The van der Waals surface area contributed by atoms with E-state index in [4.69, 9.17) is 9.72 Å². The number of hydrogen-bond acceptors (Lipinski definition) is 7. The minimum absolute atomic E-state index is 0.218. The van der Waals surface area contributed by atoms with Crippen molar-refractivity contribution in [3.63, 3.8) is 0 Å². The molecule has 0 spiro atoms. The third-order valence-electron chi connectivity index (χ3n) is 5.90. The molecule has 0 radical (unpaired) electrons. The zero-order chi connectivity index (χ0) is 24.2. The largest absolute Gasteiger partial charge is 0.444 e. The predicted molar refractivity (Wildman–Crippen MR) is 123 cm³/mol. The average molecular weight is 460 g/mol. The Balaban J connectivity index is 1.55. The molecule has 1 fully saturated rings. The van der Waals surface area contributed by atoms with E-state index in [1.807, 2.05) is 20.8 Å². The molecule has 5 rings (SSSR count). The Morgan fingerprint density at radius 1 is 1.26 bits per heavy atom. The van der Waals surface area contributed by atoms with Crippen LogP contribution in [-0.4, -0.2) is 58.4 Å². The van der Waals surface area contributed by atoms with Gasteiger partial charge in [0.2, 0.25) is 0 Å². The van der Waals surface area contributed by atoms with Gasteiger partial charge < -0.3 is 9.64 Å². The second kappa shape index (κ2) is 7.69. The fourth-order valence-electron chi connectivity index (χ4n) is 4.26. The zero-order valence-corrected chi connectivity index (χ0v) is 19.4. The summed E-state index contributed by atoms with van der Waals surface area (Å²) in [6.07, 6.45) is 5.19. The minimum atomic E-state index is -0.590. The summed E-state index contributed by atoms with van der Waals surface area (Å²) in [5.74, 6) is 0.402. The van der Waals surface area contributed by atoms with E-state index in [0.29, 0.717) is 53.1 Å². The zero-order valence-electron chi connectivity index (χ0n) is 19.4. The smallest absolute Gasteiger partial charge is 0.410 e. The molecule has 11 heteroatoms. The van der Waals surface area contributed by atoms with E-state index in [9.17, 15) is 14.9 Å². The molecule has 1 saturated heterocycles. The number of nitrogens with zero attached hydrogens (tertiary/aromatic N) is 8. The number of hydrogen-bond donors (Lipinski definition) is 0. The Morgan fingerprint density at radius 2 is 2.06 bits per heavy atom. The first-order valence-electron chi connectivity index (χ1n) is 11.0. The molecule has 4 aromatic rings. The molecule has 4 aromatic heterocycles. The first kappa shape index (κ1) is 21.6. The third-order valence-corrected chi connectivity index (χ3v) is 5.90. The van der Waals surface area contributed by atoms with Crippen molar-refractivity contribution in [2.75, 3.05) is 13.1 Å². The summed E-state index contributed by atoms with van der Waals surface area (Å²) < 4.78 is 10.3. The molecule has 5 heterocycles. The molecule has 1 aliphatic rings. The van der Waals surface area contributed by atoms with Gasteiger partial charge in [-0.25, -0.2) is 24.1 Å². The third kappa shape index (κ3) is 3.57. The van der Waals surface area contributed by atoms with Crippen molar-refractivity contribution >= 4 is 22.8 Å². The summed E-state index contributed by atoms with van der Waals surface area (Å²) in [6.45, 7) is 6.32. The second-order valence-corrected chi connectivity index (χ2v) is 9.40. The molecule has 1 aliphatic heterocycles. The number of pyridine rings is 1. The van der Waals surface area contributed by atoms with Crippen molar-refractivity contribution in [3.8, 4) is 17.5 Å². The summed E-state index contributed by atoms with van der Waals surface area (Å²) in [5, 5.41) is 13.6. The Bertz CT molecular complexity index is 1530. The van der Waals surface area contributed by atoms with Gasteiger partial charge in [-0.1, -0.05) is 0 Å². The highest BCUT2D eigenvalue weighted by Gasteiger charge is 2.33. The topological polar surface area (TPSA) is 123 Å². The highest BCUT2D eigenvalue weighted by atomic mass is 16.6. The first-order chi connectivity index (χ1) is 16.2. The SMILES string of the molecule is Cn1c(=O)n([C@@H]2CCN(C(=O)OC(C)(C)C)C2)c2nc(-c3cnn4ccc(C#N)cc34)ncc21. The van der Waals surface area contributed by atoms with Gasteiger partial charge in [-0.2, -0.15) is 10.4 Å². The molecule has 0 bridgehead atoms. The Kier molecular flexibility index (Phi) is 4.89. The Hall–Kier alpha value is -4.20. The quantitative estimate of drug-likeness (QED) is 0.450. The number of aryl methyl sites for hydroxylation is 1. The molecule has 1 amide bonds. The van der Waals surface area contributed by atoms with E-state index in [1.54, 1.807) is 51.8 Å². The van der Waals surface area contributed by atoms with Crippen LogP contribution in [0.5, 0.6) is 0 Å². The van der Waals surface area contributed by atoms with Crippen LogP contribution in [0.3, 0.4) is 0 Å². The molecule has 0 aromatic carbocycles. The molecule has 0 aliphatic carbocycles. The average Bonchev–Trinajstić information content (AvgIpc) is 3.49. The number of rotatable bonds is 2. The molecule has 0 unspecified atom stereocenters. The number of aromatic nitrogens is 6. The van der Waals surface area contributed by atoms with Gasteiger partial charge in [0.25, 0.3) is 0 Å². The summed E-state index contributed by atoms with van der Waals surface area (Å²) >= 11 is 0. The lowest BCUT2D eigenvalue weighted by molar-refractivity contribution is 0.0289. The fourth-order valence-corrected chi connectivity index (χ4v) is 4.26. The molecule has 11 nitrogen and oxygen atoms in total. The van der Waals surface area contributed by atoms with Gasteiger partial charge in [0.05, 0.1) is 41.1 Å². The maximum absolute atomic E-state index is 13.1. The molecule has 0 saturated carbocycles. The van der Waals surface area contributed by atoms with Gasteiger partial charge in [0.15, 0.2) is 11.5 Å². The normalized spacial score (nSPS) is 16.3. The van der Waals surface area contributed by atoms with Crippen molar-refractivity contribution in [1.82, 2.24) is 33.6 Å². The van der Waals surface area contributed by atoms with Crippen LogP contribution < -0.4 is 5.69 Å². The minimum Gasteiger partial charge on any atom is -0.444 e. The van der Waals surface area contributed by atoms with Gasteiger partial charge in [0.1, 0.15) is 11.1 Å². The van der Waals surface area contributed by atoms with Crippen LogP contribution in [-0.2, 0) is 11.8 Å². The monoisotopic (exact) mass is 460 g/mol. The van der Waals surface area contributed by atoms with Crippen LogP contribution in [0.1, 0.15) is 38.8 Å². The molecule has 1 atom stereocenters. The van der Waals surface area contributed by atoms with Gasteiger partial charge in [-0.3, -0.25) is 9.13 Å². The number of amides is 1. The van der Waals surface area contributed by atoms with Crippen molar-refractivity contribution in [2.45, 2.75) is 38.8 Å². The van der Waals surface area contributed by atoms with Crippen molar-refractivity contribution in [2.24, 2.45) is 7.05 Å². The predicted octanol–water partition coefficient (Wildman–Crippen LogP) is 2.50. The van der Waals surface area contributed by atoms with Crippen LogP contribution >= 0.6 is 0 Å².